The first kappa shape index (κ1) is 16.0. The third-order valence-electron chi connectivity index (χ3n) is 2.92. The summed E-state index contributed by atoms with van der Waals surface area (Å²) in [7, 11) is 0. The lowest BCUT2D eigenvalue weighted by molar-refractivity contribution is -0.118. The van der Waals surface area contributed by atoms with Crippen LogP contribution in [0.15, 0.2) is 11.2 Å². The lowest BCUT2D eigenvalue weighted by Gasteiger charge is -2.28. The van der Waals surface area contributed by atoms with Gasteiger partial charge in [0.25, 0.3) is 0 Å². The summed E-state index contributed by atoms with van der Waals surface area (Å²) < 4.78 is 5.33. The first-order valence-electron chi connectivity index (χ1n) is 6.88. The SMILES string of the molecule is Cc1cc(N2CCOCC2)nc(SCC(=O)NCCO)n1. The Kier molecular flexibility index (Phi) is 6.21. The Hall–Kier alpha value is -1.38. The number of carbonyl (C=O) groups is 1. The number of aliphatic hydroxyl groups is 1. The van der Waals surface area contributed by atoms with Crippen LogP contribution in [0.3, 0.4) is 0 Å². The van der Waals surface area contributed by atoms with E-state index in [0.717, 1.165) is 24.6 Å². The van der Waals surface area contributed by atoms with Gasteiger partial charge in [-0.3, -0.25) is 4.79 Å². The lowest BCUT2D eigenvalue weighted by Crippen LogP contribution is -2.37. The van der Waals surface area contributed by atoms with E-state index in [4.69, 9.17) is 9.84 Å². The van der Waals surface area contributed by atoms with Crippen LogP contribution in [-0.2, 0) is 9.53 Å². The standard InChI is InChI=1S/C13H20N4O3S/c1-10-8-11(17-3-6-20-7-4-17)16-13(15-10)21-9-12(19)14-2-5-18/h8,18H,2-7,9H2,1H3,(H,14,19). The summed E-state index contributed by atoms with van der Waals surface area (Å²) >= 11 is 1.30. The highest BCUT2D eigenvalue weighted by atomic mass is 32.2. The average Bonchev–Trinajstić information content (AvgIpc) is 2.51. The Balaban J connectivity index is 1.96. The first-order chi connectivity index (χ1) is 10.2. The number of aryl methyl sites for hydroxylation is 1. The normalized spacial score (nSPS) is 15.0. The molecular formula is C13H20N4O3S. The molecular weight excluding hydrogens is 292 g/mol. The van der Waals surface area contributed by atoms with Gasteiger partial charge < -0.3 is 20.1 Å². The Morgan fingerprint density at radius 3 is 2.95 bits per heavy atom. The molecule has 2 N–H and O–H groups in total. The second kappa shape index (κ2) is 8.16. The number of nitrogens with zero attached hydrogens (tertiary/aromatic N) is 3. The lowest BCUT2D eigenvalue weighted by atomic mass is 10.3. The molecule has 1 fully saturated rings. The van der Waals surface area contributed by atoms with Crippen molar-refractivity contribution in [3.05, 3.63) is 11.8 Å². The summed E-state index contributed by atoms with van der Waals surface area (Å²) in [5.41, 5.74) is 0.879. The van der Waals surface area contributed by atoms with Crippen LogP contribution in [0.5, 0.6) is 0 Å². The van der Waals surface area contributed by atoms with Crippen molar-refractivity contribution in [2.75, 3.05) is 50.1 Å². The van der Waals surface area contributed by atoms with Gasteiger partial charge in [-0.05, 0) is 6.92 Å². The van der Waals surface area contributed by atoms with Crippen LogP contribution in [0.2, 0.25) is 0 Å². The number of hydrogen-bond donors (Lipinski definition) is 2. The van der Waals surface area contributed by atoms with Gasteiger partial charge in [-0.25, -0.2) is 9.97 Å². The van der Waals surface area contributed by atoms with Gasteiger partial charge in [0.05, 0.1) is 25.6 Å². The molecule has 8 heteroatoms. The molecule has 1 aliphatic heterocycles. The third-order valence-corrected chi connectivity index (χ3v) is 3.77. The van der Waals surface area contributed by atoms with E-state index in [2.05, 4.69) is 20.2 Å². The highest BCUT2D eigenvalue weighted by molar-refractivity contribution is 7.99. The number of hydrogen-bond acceptors (Lipinski definition) is 7. The summed E-state index contributed by atoms with van der Waals surface area (Å²) in [5.74, 6) is 0.988. The maximum absolute atomic E-state index is 11.5. The second-order valence-electron chi connectivity index (χ2n) is 4.61. The summed E-state index contributed by atoms with van der Waals surface area (Å²) in [6, 6.07) is 1.95. The number of anilines is 1. The molecule has 0 unspecified atom stereocenters. The molecule has 0 aliphatic carbocycles. The van der Waals surface area contributed by atoms with Crippen molar-refractivity contribution in [2.24, 2.45) is 0 Å². The maximum atomic E-state index is 11.5. The minimum atomic E-state index is -0.132. The van der Waals surface area contributed by atoms with Crippen molar-refractivity contribution in [2.45, 2.75) is 12.1 Å². The number of aliphatic hydroxyl groups excluding tert-OH is 1. The van der Waals surface area contributed by atoms with E-state index in [9.17, 15) is 4.79 Å². The van der Waals surface area contributed by atoms with Crippen molar-refractivity contribution >= 4 is 23.5 Å². The zero-order valence-electron chi connectivity index (χ0n) is 12.0. The molecule has 7 nitrogen and oxygen atoms in total. The monoisotopic (exact) mass is 312 g/mol. The second-order valence-corrected chi connectivity index (χ2v) is 5.55. The summed E-state index contributed by atoms with van der Waals surface area (Å²) in [6.07, 6.45) is 0. The molecule has 2 heterocycles. The van der Waals surface area contributed by atoms with E-state index in [1.54, 1.807) is 0 Å². The van der Waals surface area contributed by atoms with Crippen molar-refractivity contribution < 1.29 is 14.6 Å². The number of nitrogens with one attached hydrogen (secondary N) is 1. The van der Waals surface area contributed by atoms with Crippen LogP contribution < -0.4 is 10.2 Å². The Bertz CT molecular complexity index is 480. The molecule has 0 spiro atoms. The van der Waals surface area contributed by atoms with Gasteiger partial charge in [-0.15, -0.1) is 0 Å². The van der Waals surface area contributed by atoms with E-state index in [-0.39, 0.29) is 24.8 Å². The molecule has 1 aromatic heterocycles. The quantitative estimate of drug-likeness (QED) is 0.556. The van der Waals surface area contributed by atoms with E-state index < -0.39 is 0 Å². The summed E-state index contributed by atoms with van der Waals surface area (Å²) in [4.78, 5) is 22.5. The van der Waals surface area contributed by atoms with Crippen LogP contribution in [0.1, 0.15) is 5.69 Å². The van der Waals surface area contributed by atoms with Gasteiger partial charge in [0.1, 0.15) is 5.82 Å². The minimum Gasteiger partial charge on any atom is -0.395 e. The molecule has 1 saturated heterocycles. The number of carbonyl (C=O) groups excluding carboxylic acids is 1. The Morgan fingerprint density at radius 2 is 2.24 bits per heavy atom. The van der Waals surface area contributed by atoms with E-state index >= 15 is 0 Å². The number of rotatable bonds is 6. The summed E-state index contributed by atoms with van der Waals surface area (Å²) in [5, 5.41) is 11.9. The number of amides is 1. The van der Waals surface area contributed by atoms with Gasteiger partial charge >= 0.3 is 0 Å². The average molecular weight is 312 g/mol. The number of ether oxygens (including phenoxy) is 1. The molecule has 0 saturated carbocycles. The largest absolute Gasteiger partial charge is 0.395 e. The fourth-order valence-corrected chi connectivity index (χ4v) is 2.65. The molecule has 0 atom stereocenters. The van der Waals surface area contributed by atoms with Gasteiger partial charge in [0.2, 0.25) is 5.91 Å². The van der Waals surface area contributed by atoms with Gasteiger partial charge in [-0.1, -0.05) is 11.8 Å². The molecule has 0 radical (unpaired) electrons. The molecule has 1 aliphatic rings. The highest BCUT2D eigenvalue weighted by Gasteiger charge is 2.14. The van der Waals surface area contributed by atoms with Crippen LogP contribution >= 0.6 is 11.8 Å². The van der Waals surface area contributed by atoms with Crippen LogP contribution in [0.4, 0.5) is 5.82 Å². The number of aromatic nitrogens is 2. The number of thioether (sulfide) groups is 1. The van der Waals surface area contributed by atoms with Gasteiger partial charge in [-0.2, -0.15) is 0 Å². The van der Waals surface area contributed by atoms with Crippen LogP contribution in [0, 0.1) is 6.92 Å². The highest BCUT2D eigenvalue weighted by Crippen LogP contribution is 2.19. The van der Waals surface area contributed by atoms with Crippen molar-refractivity contribution in [3.8, 4) is 0 Å². The molecule has 2 rings (SSSR count). The van der Waals surface area contributed by atoms with Gasteiger partial charge in [0.15, 0.2) is 5.16 Å². The van der Waals surface area contributed by atoms with E-state index in [0.29, 0.717) is 18.4 Å². The number of morpholine rings is 1. The predicted molar refractivity (Wildman–Crippen MR) is 80.6 cm³/mol. The van der Waals surface area contributed by atoms with E-state index in [1.807, 2.05) is 13.0 Å². The zero-order chi connectivity index (χ0) is 15.1. The molecule has 1 amide bonds. The molecule has 21 heavy (non-hydrogen) atoms. The van der Waals surface area contributed by atoms with Crippen LogP contribution in [-0.4, -0.2) is 66.2 Å². The van der Waals surface area contributed by atoms with E-state index in [1.165, 1.54) is 11.8 Å². The van der Waals surface area contributed by atoms with Crippen molar-refractivity contribution in [1.29, 1.82) is 0 Å². The van der Waals surface area contributed by atoms with Crippen molar-refractivity contribution in [3.63, 3.8) is 0 Å². The van der Waals surface area contributed by atoms with Crippen LogP contribution in [0.25, 0.3) is 0 Å². The van der Waals surface area contributed by atoms with Crippen molar-refractivity contribution in [1.82, 2.24) is 15.3 Å². The molecule has 0 bridgehead atoms. The third kappa shape index (κ3) is 5.14. The molecule has 1 aromatic rings. The predicted octanol–water partition coefficient (Wildman–Crippen LogP) is -0.178. The Labute approximate surface area is 128 Å². The van der Waals surface area contributed by atoms with Gasteiger partial charge in [0, 0.05) is 31.4 Å². The summed E-state index contributed by atoms with van der Waals surface area (Å²) in [6.45, 7) is 5.17. The fourth-order valence-electron chi connectivity index (χ4n) is 1.92. The topological polar surface area (TPSA) is 87.6 Å². The Morgan fingerprint density at radius 1 is 1.48 bits per heavy atom. The molecule has 0 aromatic carbocycles. The maximum Gasteiger partial charge on any atom is 0.230 e. The molecule has 116 valence electrons. The zero-order valence-corrected chi connectivity index (χ0v) is 12.9. The minimum absolute atomic E-state index is 0.0570. The fraction of sp³-hybridized carbons (Fsp3) is 0.615. The first-order valence-corrected chi connectivity index (χ1v) is 7.86. The smallest absolute Gasteiger partial charge is 0.230 e.